The minimum absolute atomic E-state index is 0.0879. The quantitative estimate of drug-likeness (QED) is 0.738. The standard InChI is InChI=1S/C17H16ClN3O2S2/c1-11-4-3-5-13(8-11)20-17-21(2)15(10-24-17)12-6-7-14(18)16(9-12)25(19,22)23/h3-10H,1-2H3,(H2,19,22,23). The first-order chi connectivity index (χ1) is 11.8. The Morgan fingerprint density at radius 1 is 1.20 bits per heavy atom. The summed E-state index contributed by atoms with van der Waals surface area (Å²) in [7, 11) is -2.00. The Labute approximate surface area is 155 Å². The SMILES string of the molecule is Cc1cccc(N=c2scc(-c3ccc(Cl)c(S(N)(=O)=O)c3)n2C)c1. The van der Waals surface area contributed by atoms with Crippen LogP contribution in [-0.4, -0.2) is 13.0 Å². The number of sulfonamides is 1. The minimum atomic E-state index is -3.88. The van der Waals surface area contributed by atoms with Gasteiger partial charge in [-0.15, -0.1) is 11.3 Å². The number of hydrogen-bond donors (Lipinski definition) is 1. The van der Waals surface area contributed by atoms with E-state index < -0.39 is 10.0 Å². The first-order valence-corrected chi connectivity index (χ1v) is 10.1. The number of nitrogens with two attached hydrogens (primary N) is 1. The summed E-state index contributed by atoms with van der Waals surface area (Å²) in [4.78, 5) is 5.36. The minimum Gasteiger partial charge on any atom is -0.320 e. The number of hydrogen-bond acceptors (Lipinski definition) is 4. The van der Waals surface area contributed by atoms with Crippen molar-refractivity contribution >= 4 is 38.6 Å². The van der Waals surface area contributed by atoms with Gasteiger partial charge in [-0.25, -0.2) is 18.5 Å². The van der Waals surface area contributed by atoms with Gasteiger partial charge in [-0.05, 0) is 36.8 Å². The average Bonchev–Trinajstić information content (AvgIpc) is 2.88. The van der Waals surface area contributed by atoms with Gasteiger partial charge in [-0.3, -0.25) is 0 Å². The summed E-state index contributed by atoms with van der Waals surface area (Å²) >= 11 is 7.43. The third-order valence-electron chi connectivity index (χ3n) is 3.68. The number of benzene rings is 2. The van der Waals surface area contributed by atoms with Gasteiger partial charge in [0, 0.05) is 18.0 Å². The van der Waals surface area contributed by atoms with Gasteiger partial charge in [-0.1, -0.05) is 29.8 Å². The zero-order valence-corrected chi connectivity index (χ0v) is 16.0. The molecular formula is C17H16ClN3O2S2. The van der Waals surface area contributed by atoms with Crippen molar-refractivity contribution in [3.63, 3.8) is 0 Å². The van der Waals surface area contributed by atoms with Gasteiger partial charge in [-0.2, -0.15) is 0 Å². The van der Waals surface area contributed by atoms with Crippen molar-refractivity contribution in [2.45, 2.75) is 11.8 Å². The summed E-state index contributed by atoms with van der Waals surface area (Å²) in [5.41, 5.74) is 3.54. The number of rotatable bonds is 3. The molecule has 8 heteroatoms. The summed E-state index contributed by atoms with van der Waals surface area (Å²) in [6, 6.07) is 12.7. The Balaban J connectivity index is 2.11. The molecule has 0 aliphatic rings. The molecule has 0 amide bonds. The summed E-state index contributed by atoms with van der Waals surface area (Å²) in [5.74, 6) is 0. The molecule has 3 aromatic rings. The molecule has 3 rings (SSSR count). The van der Waals surface area contributed by atoms with E-state index in [1.807, 2.05) is 48.2 Å². The largest absolute Gasteiger partial charge is 0.320 e. The Morgan fingerprint density at radius 3 is 2.64 bits per heavy atom. The average molecular weight is 394 g/mol. The molecule has 1 heterocycles. The smallest absolute Gasteiger partial charge is 0.239 e. The third-order valence-corrected chi connectivity index (χ3v) is 5.99. The lowest BCUT2D eigenvalue weighted by Crippen LogP contribution is -2.13. The van der Waals surface area contributed by atoms with Gasteiger partial charge in [0.05, 0.1) is 16.4 Å². The predicted octanol–water partition coefficient (Wildman–Crippen LogP) is 3.60. The molecule has 0 atom stereocenters. The number of halogens is 1. The molecule has 0 radical (unpaired) electrons. The predicted molar refractivity (Wildman–Crippen MR) is 102 cm³/mol. The van der Waals surface area contributed by atoms with Crippen molar-refractivity contribution in [1.82, 2.24) is 4.57 Å². The van der Waals surface area contributed by atoms with Crippen LogP contribution in [0.3, 0.4) is 0 Å². The molecule has 0 bridgehead atoms. The maximum Gasteiger partial charge on any atom is 0.239 e. The molecule has 0 spiro atoms. The highest BCUT2D eigenvalue weighted by Gasteiger charge is 2.15. The number of aromatic nitrogens is 1. The van der Waals surface area contributed by atoms with Gasteiger partial charge in [0.25, 0.3) is 0 Å². The molecule has 5 nitrogen and oxygen atoms in total. The summed E-state index contributed by atoms with van der Waals surface area (Å²) < 4.78 is 25.2. The van der Waals surface area contributed by atoms with Gasteiger partial charge in [0.15, 0.2) is 4.80 Å². The van der Waals surface area contributed by atoms with Crippen LogP contribution in [0, 0.1) is 6.92 Å². The number of thiazole rings is 1. The van der Waals surface area contributed by atoms with Gasteiger partial charge < -0.3 is 4.57 Å². The van der Waals surface area contributed by atoms with Crippen molar-refractivity contribution < 1.29 is 8.42 Å². The number of primary sulfonamides is 1. The van der Waals surface area contributed by atoms with Crippen molar-refractivity contribution in [3.8, 4) is 11.3 Å². The molecule has 0 unspecified atom stereocenters. The van der Waals surface area contributed by atoms with Gasteiger partial charge in [0.2, 0.25) is 10.0 Å². The van der Waals surface area contributed by atoms with E-state index in [4.69, 9.17) is 16.7 Å². The van der Waals surface area contributed by atoms with E-state index in [1.54, 1.807) is 6.07 Å². The molecule has 2 aromatic carbocycles. The third kappa shape index (κ3) is 3.85. The summed E-state index contributed by atoms with van der Waals surface area (Å²) in [6.07, 6.45) is 0. The number of aryl methyl sites for hydroxylation is 1. The highest BCUT2D eigenvalue weighted by atomic mass is 35.5. The van der Waals surface area contributed by atoms with Crippen LogP contribution in [-0.2, 0) is 17.1 Å². The molecule has 2 N–H and O–H groups in total. The van der Waals surface area contributed by atoms with Gasteiger partial charge >= 0.3 is 0 Å². The normalized spacial score (nSPS) is 12.6. The molecule has 130 valence electrons. The fourth-order valence-corrected chi connectivity index (χ4v) is 4.42. The van der Waals surface area contributed by atoms with E-state index in [2.05, 4.69) is 4.99 Å². The lowest BCUT2D eigenvalue weighted by Gasteiger charge is -2.07. The van der Waals surface area contributed by atoms with Crippen molar-refractivity contribution in [3.05, 3.63) is 63.2 Å². The molecule has 1 aromatic heterocycles. The van der Waals surface area contributed by atoms with Crippen LogP contribution < -0.4 is 9.94 Å². The fourth-order valence-electron chi connectivity index (χ4n) is 2.42. The second-order valence-corrected chi connectivity index (χ2v) is 8.38. The first-order valence-electron chi connectivity index (χ1n) is 7.34. The molecule has 0 saturated carbocycles. The molecular weight excluding hydrogens is 378 g/mol. The van der Waals surface area contributed by atoms with Crippen molar-refractivity contribution in [2.75, 3.05) is 0 Å². The summed E-state index contributed by atoms with van der Waals surface area (Å²) in [6.45, 7) is 2.02. The lowest BCUT2D eigenvalue weighted by atomic mass is 10.2. The Hall–Kier alpha value is -1.93. The van der Waals surface area contributed by atoms with E-state index in [0.29, 0.717) is 5.56 Å². The maximum absolute atomic E-state index is 11.7. The second kappa shape index (κ2) is 6.76. The maximum atomic E-state index is 11.7. The van der Waals surface area contributed by atoms with E-state index in [9.17, 15) is 8.42 Å². The zero-order chi connectivity index (χ0) is 18.2. The molecule has 0 aliphatic heterocycles. The monoisotopic (exact) mass is 393 g/mol. The number of nitrogens with zero attached hydrogens (tertiary/aromatic N) is 2. The summed E-state index contributed by atoms with van der Waals surface area (Å²) in [5, 5.41) is 7.26. The Bertz CT molecular complexity index is 1110. The molecule has 0 aliphatic carbocycles. The van der Waals surface area contributed by atoms with Crippen LogP contribution in [0.25, 0.3) is 11.3 Å². The second-order valence-electron chi connectivity index (χ2n) is 5.60. The molecule has 0 saturated heterocycles. The van der Waals surface area contributed by atoms with Gasteiger partial charge in [0.1, 0.15) is 4.90 Å². The van der Waals surface area contributed by atoms with Crippen LogP contribution in [0.5, 0.6) is 0 Å². The lowest BCUT2D eigenvalue weighted by molar-refractivity contribution is 0.598. The van der Waals surface area contributed by atoms with Crippen molar-refractivity contribution in [2.24, 2.45) is 17.2 Å². The van der Waals surface area contributed by atoms with E-state index in [1.165, 1.54) is 23.5 Å². The highest BCUT2D eigenvalue weighted by Crippen LogP contribution is 2.27. The van der Waals surface area contributed by atoms with Crippen LogP contribution >= 0.6 is 22.9 Å². The molecule has 0 fully saturated rings. The van der Waals surface area contributed by atoms with E-state index in [-0.39, 0.29) is 9.92 Å². The van der Waals surface area contributed by atoms with E-state index >= 15 is 0 Å². The van der Waals surface area contributed by atoms with Crippen LogP contribution in [0.2, 0.25) is 5.02 Å². The first kappa shape index (κ1) is 17.9. The molecule has 25 heavy (non-hydrogen) atoms. The zero-order valence-electron chi connectivity index (χ0n) is 13.6. The highest BCUT2D eigenvalue weighted by molar-refractivity contribution is 7.89. The topological polar surface area (TPSA) is 77.4 Å². The van der Waals surface area contributed by atoms with Crippen LogP contribution in [0.15, 0.2) is 57.7 Å². The van der Waals surface area contributed by atoms with Crippen LogP contribution in [0.1, 0.15) is 5.56 Å². The van der Waals surface area contributed by atoms with Crippen molar-refractivity contribution in [1.29, 1.82) is 0 Å². The fraction of sp³-hybridized carbons (Fsp3) is 0.118. The Kier molecular flexibility index (Phi) is 4.83. The van der Waals surface area contributed by atoms with Crippen LogP contribution in [0.4, 0.5) is 5.69 Å². The Morgan fingerprint density at radius 2 is 1.96 bits per heavy atom. The van der Waals surface area contributed by atoms with E-state index in [0.717, 1.165) is 21.7 Å².